The van der Waals surface area contributed by atoms with E-state index in [2.05, 4.69) is 20.2 Å². The van der Waals surface area contributed by atoms with Gasteiger partial charge < -0.3 is 19.5 Å². The van der Waals surface area contributed by atoms with Crippen molar-refractivity contribution in [2.45, 2.75) is 13.0 Å². The molecular weight excluding hydrogens is 456 g/mol. The van der Waals surface area contributed by atoms with Gasteiger partial charge in [-0.2, -0.15) is 0 Å². The van der Waals surface area contributed by atoms with Crippen LogP contribution in [-0.4, -0.2) is 58.7 Å². The molecule has 1 N–H and O–H groups in total. The van der Waals surface area contributed by atoms with E-state index in [1.807, 2.05) is 4.90 Å². The zero-order valence-electron chi connectivity index (χ0n) is 19.2. The molecule has 1 fully saturated rings. The van der Waals surface area contributed by atoms with Crippen molar-refractivity contribution in [3.8, 4) is 17.1 Å². The molecule has 8 nitrogen and oxygen atoms in total. The zero-order valence-corrected chi connectivity index (χ0v) is 19.2. The largest absolute Gasteiger partial charge is 0.480 e. The molecule has 4 aromatic rings. The Morgan fingerprint density at radius 1 is 1.03 bits per heavy atom. The number of benzene rings is 2. The highest BCUT2D eigenvalue weighted by atomic mass is 19.1. The predicted octanol–water partition coefficient (Wildman–Crippen LogP) is 3.60. The maximum absolute atomic E-state index is 15.4. The Morgan fingerprint density at radius 2 is 1.83 bits per heavy atom. The van der Waals surface area contributed by atoms with Gasteiger partial charge in [-0.15, -0.1) is 10.2 Å². The Morgan fingerprint density at radius 3 is 2.54 bits per heavy atom. The summed E-state index contributed by atoms with van der Waals surface area (Å²) in [5.74, 6) is -0.838. The molecule has 180 valence electrons. The second-order valence-corrected chi connectivity index (χ2v) is 8.24. The lowest BCUT2D eigenvalue weighted by Gasteiger charge is -2.29. The van der Waals surface area contributed by atoms with E-state index in [9.17, 15) is 5.11 Å². The number of hydrogen-bond acceptors (Lipinski definition) is 8. The number of fused-ring (bicyclic) bond motifs is 1. The molecule has 0 saturated carbocycles. The van der Waals surface area contributed by atoms with E-state index in [4.69, 9.17) is 9.47 Å². The number of aryl methyl sites for hydroxylation is 1. The third-order valence-corrected chi connectivity index (χ3v) is 6.11. The minimum Gasteiger partial charge on any atom is -0.480 e. The van der Waals surface area contributed by atoms with Gasteiger partial charge >= 0.3 is 0 Å². The van der Waals surface area contributed by atoms with Gasteiger partial charge in [0.05, 0.1) is 42.6 Å². The van der Waals surface area contributed by atoms with Crippen molar-refractivity contribution >= 4 is 16.6 Å². The average molecular weight is 479 g/mol. The number of rotatable bonds is 5. The highest BCUT2D eigenvalue weighted by molar-refractivity contribution is 5.94. The van der Waals surface area contributed by atoms with Crippen LogP contribution in [0.1, 0.15) is 22.9 Å². The number of aliphatic hydroxyl groups is 1. The van der Waals surface area contributed by atoms with E-state index in [-0.39, 0.29) is 22.3 Å². The van der Waals surface area contributed by atoms with Crippen LogP contribution in [0, 0.1) is 18.6 Å². The van der Waals surface area contributed by atoms with E-state index >= 15 is 8.78 Å². The van der Waals surface area contributed by atoms with Crippen LogP contribution in [0.5, 0.6) is 5.88 Å². The molecule has 10 heteroatoms. The van der Waals surface area contributed by atoms with E-state index < -0.39 is 17.7 Å². The van der Waals surface area contributed by atoms with Crippen molar-refractivity contribution in [3.63, 3.8) is 0 Å². The lowest BCUT2D eigenvalue weighted by atomic mass is 9.95. The molecule has 1 aliphatic heterocycles. The van der Waals surface area contributed by atoms with Crippen LogP contribution in [0.2, 0.25) is 0 Å². The van der Waals surface area contributed by atoms with Crippen LogP contribution >= 0.6 is 0 Å². The number of ether oxygens (including phenoxy) is 2. The summed E-state index contributed by atoms with van der Waals surface area (Å²) in [6.07, 6.45) is 0.100. The molecule has 0 bridgehead atoms. The number of nitrogens with zero attached hydrogens (tertiary/aromatic N) is 5. The Labute approximate surface area is 200 Å². The van der Waals surface area contributed by atoms with Crippen molar-refractivity contribution in [2.24, 2.45) is 0 Å². The third-order valence-electron chi connectivity index (χ3n) is 6.11. The molecule has 2 aromatic heterocycles. The first-order chi connectivity index (χ1) is 17.0. The summed E-state index contributed by atoms with van der Waals surface area (Å²) >= 11 is 0. The molecule has 1 aliphatic rings. The minimum atomic E-state index is -1.18. The molecule has 1 saturated heterocycles. The van der Waals surface area contributed by atoms with Crippen molar-refractivity contribution in [1.82, 2.24) is 20.2 Å². The minimum absolute atomic E-state index is 0.0524. The fourth-order valence-electron chi connectivity index (χ4n) is 4.25. The molecular formula is C25H23F2N5O3. The van der Waals surface area contributed by atoms with Gasteiger partial charge in [-0.3, -0.25) is 0 Å². The second-order valence-electron chi connectivity index (χ2n) is 8.24. The molecule has 0 amide bonds. The van der Waals surface area contributed by atoms with Crippen LogP contribution in [0.15, 0.2) is 42.7 Å². The average Bonchev–Trinajstić information content (AvgIpc) is 2.88. The normalized spacial score (nSPS) is 14.8. The smallest absolute Gasteiger partial charge is 0.233 e. The predicted molar refractivity (Wildman–Crippen MR) is 125 cm³/mol. The molecule has 2 aromatic carbocycles. The Balaban J connectivity index is 1.59. The first kappa shape index (κ1) is 23.0. The van der Waals surface area contributed by atoms with E-state index in [1.165, 1.54) is 31.6 Å². The Bertz CT molecular complexity index is 1380. The first-order valence-corrected chi connectivity index (χ1v) is 11.1. The summed E-state index contributed by atoms with van der Waals surface area (Å²) in [7, 11) is 1.46. The van der Waals surface area contributed by atoms with Crippen molar-refractivity contribution < 1.29 is 23.4 Å². The Kier molecular flexibility index (Phi) is 6.23. The van der Waals surface area contributed by atoms with Crippen LogP contribution in [0.3, 0.4) is 0 Å². The van der Waals surface area contributed by atoms with Gasteiger partial charge in [0.2, 0.25) is 5.88 Å². The van der Waals surface area contributed by atoms with E-state index in [0.29, 0.717) is 54.5 Å². The standard InChI is InChI=1S/C25H23F2N5O3/c1-14-9-18(26)17(12-16(14)25(33)20-3-4-22(34-2)31-30-20)24-23-19(27)10-15(11-21(23)28-13-29-24)32-5-7-35-8-6-32/h3-4,9-13,25,33H,5-8H2,1-2H3. The third kappa shape index (κ3) is 4.38. The van der Waals surface area contributed by atoms with Crippen LogP contribution < -0.4 is 9.64 Å². The number of anilines is 1. The summed E-state index contributed by atoms with van der Waals surface area (Å²) in [5, 5.41) is 18.9. The van der Waals surface area contributed by atoms with Crippen molar-refractivity contribution in [2.75, 3.05) is 38.3 Å². The molecule has 0 aliphatic carbocycles. The highest BCUT2D eigenvalue weighted by Crippen LogP contribution is 2.35. The Hall–Kier alpha value is -3.76. The monoisotopic (exact) mass is 479 g/mol. The van der Waals surface area contributed by atoms with E-state index in [1.54, 1.807) is 25.1 Å². The lowest BCUT2D eigenvalue weighted by molar-refractivity contribution is 0.122. The number of hydrogen-bond donors (Lipinski definition) is 1. The summed E-state index contributed by atoms with van der Waals surface area (Å²) in [5.41, 5.74) is 2.37. The number of morpholine rings is 1. The first-order valence-electron chi connectivity index (χ1n) is 11.1. The quantitative estimate of drug-likeness (QED) is 0.464. The number of halogens is 2. The van der Waals surface area contributed by atoms with Crippen LogP contribution in [0.25, 0.3) is 22.2 Å². The molecule has 5 rings (SSSR count). The van der Waals surface area contributed by atoms with Gasteiger partial charge in [-0.1, -0.05) is 0 Å². The maximum atomic E-state index is 15.4. The summed E-state index contributed by atoms with van der Waals surface area (Å²) in [6.45, 7) is 4.09. The number of aliphatic hydroxyl groups excluding tert-OH is 1. The van der Waals surface area contributed by atoms with Crippen molar-refractivity contribution in [3.05, 3.63) is 71.2 Å². The van der Waals surface area contributed by atoms with Gasteiger partial charge in [0.1, 0.15) is 24.1 Å². The molecule has 1 atom stereocenters. The van der Waals surface area contributed by atoms with Crippen LogP contribution in [0.4, 0.5) is 14.5 Å². The fraction of sp³-hybridized carbons (Fsp3) is 0.280. The highest BCUT2D eigenvalue weighted by Gasteiger charge is 2.22. The second kappa shape index (κ2) is 9.47. The maximum Gasteiger partial charge on any atom is 0.233 e. The number of methoxy groups -OCH3 is 1. The summed E-state index contributed by atoms with van der Waals surface area (Å²) < 4.78 is 41.0. The molecule has 0 radical (unpaired) electrons. The van der Waals surface area contributed by atoms with E-state index in [0.717, 1.165) is 0 Å². The van der Waals surface area contributed by atoms with Gasteiger partial charge in [0, 0.05) is 30.4 Å². The topological polar surface area (TPSA) is 93.5 Å². The summed E-state index contributed by atoms with van der Waals surface area (Å²) in [4.78, 5) is 10.5. The molecule has 0 spiro atoms. The van der Waals surface area contributed by atoms with Gasteiger partial charge in [-0.05, 0) is 48.4 Å². The molecule has 35 heavy (non-hydrogen) atoms. The SMILES string of the molecule is COc1ccc(C(O)c2cc(-c3ncnc4cc(N5CCOCC5)cc(F)c34)c(F)cc2C)nn1. The summed E-state index contributed by atoms with van der Waals surface area (Å²) in [6, 6.07) is 9.09. The van der Waals surface area contributed by atoms with Crippen LogP contribution in [-0.2, 0) is 4.74 Å². The van der Waals surface area contributed by atoms with Gasteiger partial charge in [0.25, 0.3) is 0 Å². The van der Waals surface area contributed by atoms with Gasteiger partial charge in [0.15, 0.2) is 0 Å². The van der Waals surface area contributed by atoms with Gasteiger partial charge in [-0.25, -0.2) is 18.7 Å². The lowest BCUT2D eigenvalue weighted by Crippen LogP contribution is -2.36. The number of aromatic nitrogens is 4. The van der Waals surface area contributed by atoms with Crippen molar-refractivity contribution in [1.29, 1.82) is 0 Å². The zero-order chi connectivity index (χ0) is 24.5. The fourth-order valence-corrected chi connectivity index (χ4v) is 4.25. The molecule has 3 heterocycles. The molecule has 1 unspecified atom stereocenters.